The van der Waals surface area contributed by atoms with Crippen LogP contribution in [0.15, 0.2) is 36.4 Å². The molecule has 1 saturated heterocycles. The normalized spacial score (nSPS) is 19.9. The van der Waals surface area contributed by atoms with Crippen LogP contribution in [0.1, 0.15) is 79.9 Å². The third-order valence-electron chi connectivity index (χ3n) is 8.00. The van der Waals surface area contributed by atoms with E-state index < -0.39 is 5.97 Å². The van der Waals surface area contributed by atoms with Gasteiger partial charge in [0, 0.05) is 19.0 Å². The maximum atomic E-state index is 12.6. The highest BCUT2D eigenvalue weighted by molar-refractivity contribution is 5.99. The predicted molar refractivity (Wildman–Crippen MR) is 135 cm³/mol. The molecule has 0 radical (unpaired) electrons. The zero-order valence-corrected chi connectivity index (χ0v) is 20.5. The van der Waals surface area contributed by atoms with Crippen LogP contribution in [0, 0.1) is 0 Å². The topological polar surface area (TPSA) is 69.5 Å². The van der Waals surface area contributed by atoms with E-state index in [1.807, 2.05) is 41.1 Å². The van der Waals surface area contributed by atoms with Crippen molar-refractivity contribution in [2.75, 3.05) is 25.1 Å². The van der Waals surface area contributed by atoms with E-state index >= 15 is 0 Å². The van der Waals surface area contributed by atoms with E-state index in [0.717, 1.165) is 66.9 Å². The van der Waals surface area contributed by atoms with Crippen molar-refractivity contribution in [3.8, 4) is 5.69 Å². The average molecular weight is 475 g/mol. The summed E-state index contributed by atoms with van der Waals surface area (Å²) in [7, 11) is 1.41. The maximum absolute atomic E-state index is 12.6. The van der Waals surface area contributed by atoms with E-state index in [1.54, 1.807) is 0 Å². The van der Waals surface area contributed by atoms with Gasteiger partial charge in [-0.3, -0.25) is 0 Å². The largest absolute Gasteiger partial charge is 0.464 e. The van der Waals surface area contributed by atoms with Gasteiger partial charge in [0.05, 0.1) is 41.8 Å². The van der Waals surface area contributed by atoms with Gasteiger partial charge in [-0.2, -0.15) is 5.10 Å². The van der Waals surface area contributed by atoms with Gasteiger partial charge in [0.25, 0.3) is 0 Å². The van der Waals surface area contributed by atoms with Crippen LogP contribution < -0.4 is 4.90 Å². The molecule has 3 heterocycles. The van der Waals surface area contributed by atoms with Gasteiger partial charge >= 0.3 is 5.97 Å². The molecule has 3 aliphatic rings. The van der Waals surface area contributed by atoms with Gasteiger partial charge in [-0.25, -0.2) is 14.5 Å². The number of rotatable bonds is 6. The summed E-state index contributed by atoms with van der Waals surface area (Å²) >= 11 is 0. The molecule has 1 aromatic carbocycles. The van der Waals surface area contributed by atoms with Crippen LogP contribution >= 0.6 is 0 Å². The highest BCUT2D eigenvalue weighted by Crippen LogP contribution is 2.43. The molecule has 0 spiro atoms. The third kappa shape index (κ3) is 4.31. The van der Waals surface area contributed by atoms with E-state index in [4.69, 9.17) is 19.6 Å². The van der Waals surface area contributed by atoms with E-state index in [0.29, 0.717) is 23.8 Å². The SMILES string of the molecule is COC(=O)c1cc(N2CCC(OC3CCCC3)CC2)c2c(C3CCC3)nn(-c3ccccc3)c2n1. The van der Waals surface area contributed by atoms with Crippen molar-refractivity contribution in [2.24, 2.45) is 0 Å². The molecule has 35 heavy (non-hydrogen) atoms. The van der Waals surface area contributed by atoms with Gasteiger partial charge in [-0.15, -0.1) is 0 Å². The summed E-state index contributed by atoms with van der Waals surface area (Å²) in [4.78, 5) is 19.8. The van der Waals surface area contributed by atoms with Gasteiger partial charge in [0.15, 0.2) is 11.3 Å². The smallest absolute Gasteiger partial charge is 0.356 e. The Morgan fingerprint density at radius 3 is 2.31 bits per heavy atom. The third-order valence-corrected chi connectivity index (χ3v) is 8.00. The zero-order chi connectivity index (χ0) is 23.8. The highest BCUT2D eigenvalue weighted by Gasteiger charge is 2.32. The predicted octanol–water partition coefficient (Wildman–Crippen LogP) is 5.40. The van der Waals surface area contributed by atoms with E-state index in [1.165, 1.54) is 39.2 Å². The number of para-hydroxylation sites is 1. The van der Waals surface area contributed by atoms with Crippen LogP contribution in [0.5, 0.6) is 0 Å². The molecule has 3 aromatic rings. The molecule has 0 atom stereocenters. The van der Waals surface area contributed by atoms with Crippen molar-refractivity contribution in [1.29, 1.82) is 0 Å². The molecule has 0 N–H and O–H groups in total. The van der Waals surface area contributed by atoms with Crippen molar-refractivity contribution in [3.63, 3.8) is 0 Å². The van der Waals surface area contributed by atoms with Crippen molar-refractivity contribution in [2.45, 2.75) is 75.9 Å². The van der Waals surface area contributed by atoms with Crippen molar-refractivity contribution in [3.05, 3.63) is 47.8 Å². The molecule has 2 saturated carbocycles. The van der Waals surface area contributed by atoms with Crippen LogP contribution in [-0.4, -0.2) is 53.1 Å². The maximum Gasteiger partial charge on any atom is 0.356 e. The Bertz CT molecular complexity index is 1190. The average Bonchev–Trinajstić information content (AvgIpc) is 3.51. The second-order valence-electron chi connectivity index (χ2n) is 10.2. The van der Waals surface area contributed by atoms with Gasteiger partial charge in [0.2, 0.25) is 0 Å². The minimum absolute atomic E-state index is 0.324. The summed E-state index contributed by atoms with van der Waals surface area (Å²) in [6.07, 6.45) is 11.3. The number of fused-ring (bicyclic) bond motifs is 1. The second kappa shape index (κ2) is 9.61. The molecule has 0 amide bonds. The molecule has 6 rings (SSSR count). The molecular formula is C28H34N4O3. The Morgan fingerprint density at radius 1 is 0.943 bits per heavy atom. The Hall–Kier alpha value is -2.93. The fourth-order valence-electron chi connectivity index (χ4n) is 5.83. The summed E-state index contributed by atoms with van der Waals surface area (Å²) in [6.45, 7) is 1.80. The second-order valence-corrected chi connectivity index (χ2v) is 10.2. The lowest BCUT2D eigenvalue weighted by atomic mass is 9.82. The van der Waals surface area contributed by atoms with Crippen molar-refractivity contribution >= 4 is 22.7 Å². The Balaban J connectivity index is 1.40. The Morgan fingerprint density at radius 2 is 1.66 bits per heavy atom. The summed E-state index contributed by atoms with van der Waals surface area (Å²) in [5.74, 6) is 0.0221. The number of nitrogens with zero attached hydrogens (tertiary/aromatic N) is 4. The number of carbonyl (C=O) groups excluding carboxylic acids is 1. The lowest BCUT2D eigenvalue weighted by Gasteiger charge is -2.35. The minimum atomic E-state index is -0.418. The molecule has 7 nitrogen and oxygen atoms in total. The lowest BCUT2D eigenvalue weighted by molar-refractivity contribution is -0.0194. The molecule has 0 bridgehead atoms. The molecule has 7 heteroatoms. The Kier molecular flexibility index (Phi) is 6.19. The molecule has 184 valence electrons. The number of pyridine rings is 1. The number of hydrogen-bond acceptors (Lipinski definition) is 6. The number of hydrogen-bond donors (Lipinski definition) is 0. The molecule has 2 aromatic heterocycles. The number of ether oxygens (including phenoxy) is 2. The fraction of sp³-hybridized carbons (Fsp3) is 0.536. The van der Waals surface area contributed by atoms with Crippen LogP contribution in [0.2, 0.25) is 0 Å². The molecular weight excluding hydrogens is 440 g/mol. The van der Waals surface area contributed by atoms with Crippen molar-refractivity contribution < 1.29 is 14.3 Å². The van der Waals surface area contributed by atoms with Crippen LogP contribution in [0.25, 0.3) is 16.7 Å². The number of carbonyl (C=O) groups is 1. The number of esters is 1. The van der Waals surface area contributed by atoms with Gasteiger partial charge in [0.1, 0.15) is 0 Å². The number of methoxy groups -OCH3 is 1. The van der Waals surface area contributed by atoms with Crippen LogP contribution in [0.3, 0.4) is 0 Å². The van der Waals surface area contributed by atoms with E-state index in [2.05, 4.69) is 4.90 Å². The van der Waals surface area contributed by atoms with Crippen LogP contribution in [-0.2, 0) is 9.47 Å². The molecule has 2 aliphatic carbocycles. The molecule has 0 unspecified atom stereocenters. The number of anilines is 1. The molecule has 1 aliphatic heterocycles. The van der Waals surface area contributed by atoms with Gasteiger partial charge in [-0.05, 0) is 56.7 Å². The van der Waals surface area contributed by atoms with Crippen LogP contribution in [0.4, 0.5) is 5.69 Å². The fourth-order valence-corrected chi connectivity index (χ4v) is 5.83. The molecule has 3 fully saturated rings. The Labute approximate surface area is 206 Å². The van der Waals surface area contributed by atoms with E-state index in [-0.39, 0.29) is 0 Å². The monoisotopic (exact) mass is 474 g/mol. The summed E-state index contributed by atoms with van der Waals surface area (Å²) < 4.78 is 13.4. The lowest BCUT2D eigenvalue weighted by Crippen LogP contribution is -2.38. The minimum Gasteiger partial charge on any atom is -0.464 e. The van der Waals surface area contributed by atoms with Crippen molar-refractivity contribution in [1.82, 2.24) is 14.8 Å². The van der Waals surface area contributed by atoms with Gasteiger partial charge < -0.3 is 14.4 Å². The summed E-state index contributed by atoms with van der Waals surface area (Å²) in [6, 6.07) is 12.0. The standard InChI is InChI=1S/C28H34N4O3/c1-34-28(33)23-18-24(31-16-14-22(15-17-31)35-21-12-5-6-13-21)25-26(19-8-7-9-19)30-32(27(25)29-23)20-10-3-2-4-11-20/h2-4,10-11,18-19,21-22H,5-9,12-17H2,1H3. The zero-order valence-electron chi connectivity index (χ0n) is 20.5. The summed E-state index contributed by atoms with van der Waals surface area (Å²) in [5, 5.41) is 6.18. The number of piperidine rings is 1. The highest BCUT2D eigenvalue weighted by atomic mass is 16.5. The first-order valence-electron chi connectivity index (χ1n) is 13.2. The quantitative estimate of drug-likeness (QED) is 0.446. The number of aromatic nitrogens is 3. The van der Waals surface area contributed by atoms with Gasteiger partial charge in [-0.1, -0.05) is 37.5 Å². The summed E-state index contributed by atoms with van der Waals surface area (Å²) in [5.41, 5.74) is 4.18. The first-order chi connectivity index (χ1) is 17.2. The first kappa shape index (κ1) is 22.5. The first-order valence-corrected chi connectivity index (χ1v) is 13.2. The number of benzene rings is 1. The van der Waals surface area contributed by atoms with E-state index in [9.17, 15) is 4.79 Å².